The van der Waals surface area contributed by atoms with Crippen LogP contribution >= 0.6 is 0 Å². The van der Waals surface area contributed by atoms with E-state index in [0.717, 1.165) is 18.8 Å². The van der Waals surface area contributed by atoms with Crippen molar-refractivity contribution in [3.63, 3.8) is 0 Å². The summed E-state index contributed by atoms with van der Waals surface area (Å²) in [7, 11) is 0. The molecule has 0 aliphatic heterocycles. The normalized spacial score (nSPS) is 28.3. The molecule has 0 aromatic rings. The smallest absolute Gasteiger partial charge is 0.327 e. The molecule has 0 amide bonds. The number of rotatable bonds is 5. The van der Waals surface area contributed by atoms with Crippen LogP contribution in [-0.4, -0.2) is 12.2 Å². The molecule has 1 rings (SSSR count). The van der Waals surface area contributed by atoms with Crippen LogP contribution in [0.2, 0.25) is 0 Å². The lowest BCUT2D eigenvalue weighted by Crippen LogP contribution is -2.29. The zero-order valence-electron chi connectivity index (χ0n) is 9.89. The molecule has 1 aliphatic rings. The van der Waals surface area contributed by atoms with Crippen molar-refractivity contribution in [1.29, 1.82) is 0 Å². The van der Waals surface area contributed by atoms with Gasteiger partial charge in [-0.2, -0.15) is 13.2 Å². The van der Waals surface area contributed by atoms with Crippen LogP contribution in [0.25, 0.3) is 0 Å². The molecule has 1 nitrogen and oxygen atoms in total. The Balaban J connectivity index is 2.18. The Morgan fingerprint density at radius 3 is 2.50 bits per heavy atom. The summed E-state index contributed by atoms with van der Waals surface area (Å²) >= 11 is 0. The lowest BCUT2D eigenvalue weighted by molar-refractivity contribution is -0.135. The summed E-state index contributed by atoms with van der Waals surface area (Å²) in [6.07, 6.45) is 0.569. The van der Waals surface area contributed by atoms with Crippen molar-refractivity contribution in [3.8, 4) is 0 Å². The maximum absolute atomic E-state index is 12.0. The van der Waals surface area contributed by atoms with Crippen molar-refractivity contribution < 1.29 is 13.2 Å². The third-order valence-corrected chi connectivity index (χ3v) is 3.76. The summed E-state index contributed by atoms with van der Waals surface area (Å²) in [6.45, 7) is 2.17. The highest BCUT2D eigenvalue weighted by molar-refractivity contribution is 4.82. The highest BCUT2D eigenvalue weighted by Gasteiger charge is 2.30. The van der Waals surface area contributed by atoms with E-state index in [1.165, 1.54) is 12.8 Å². The first kappa shape index (κ1) is 13.8. The first-order chi connectivity index (χ1) is 7.42. The third-order valence-electron chi connectivity index (χ3n) is 3.76. The minimum Gasteiger partial charge on any atom is -0.327 e. The van der Waals surface area contributed by atoms with Crippen molar-refractivity contribution in [2.24, 2.45) is 17.6 Å². The van der Waals surface area contributed by atoms with Crippen LogP contribution in [0, 0.1) is 11.8 Å². The van der Waals surface area contributed by atoms with Gasteiger partial charge in [0, 0.05) is 12.5 Å². The predicted molar refractivity (Wildman–Crippen MR) is 59.0 cm³/mol. The Bertz CT molecular complexity index is 203. The van der Waals surface area contributed by atoms with Crippen LogP contribution in [0.4, 0.5) is 13.2 Å². The maximum atomic E-state index is 12.0. The second-order valence-corrected chi connectivity index (χ2v) is 5.02. The second kappa shape index (κ2) is 5.89. The van der Waals surface area contributed by atoms with E-state index in [4.69, 9.17) is 5.73 Å². The zero-order valence-corrected chi connectivity index (χ0v) is 9.89. The molecule has 1 saturated carbocycles. The Morgan fingerprint density at radius 2 is 2.00 bits per heavy atom. The molecular formula is C12H22F3N. The number of hydrogen-bond donors (Lipinski definition) is 1. The molecule has 0 heterocycles. The molecule has 3 atom stereocenters. The predicted octanol–water partition coefficient (Wildman–Crippen LogP) is 3.87. The molecule has 0 saturated heterocycles. The lowest BCUT2D eigenvalue weighted by Gasteiger charge is -2.19. The van der Waals surface area contributed by atoms with Crippen LogP contribution in [0.5, 0.6) is 0 Å². The van der Waals surface area contributed by atoms with Gasteiger partial charge in [-0.25, -0.2) is 0 Å². The van der Waals surface area contributed by atoms with Crippen LogP contribution in [0.1, 0.15) is 51.9 Å². The molecule has 0 aromatic heterocycles. The fourth-order valence-corrected chi connectivity index (χ4v) is 2.65. The standard InChI is InChI=1S/C12H22F3N/c1-2-9-5-6-10(8-9)11(16)4-3-7-12(13,14)15/h9-11H,2-8,16H2,1H3. The molecule has 96 valence electrons. The van der Waals surface area contributed by atoms with Crippen LogP contribution in [0.3, 0.4) is 0 Å². The number of halogens is 3. The van der Waals surface area contributed by atoms with Gasteiger partial charge in [-0.05, 0) is 37.5 Å². The molecule has 0 radical (unpaired) electrons. The Morgan fingerprint density at radius 1 is 1.31 bits per heavy atom. The summed E-state index contributed by atoms with van der Waals surface area (Å²) in [6, 6.07) is -0.0288. The topological polar surface area (TPSA) is 26.0 Å². The first-order valence-electron chi connectivity index (χ1n) is 6.24. The van der Waals surface area contributed by atoms with Gasteiger partial charge >= 0.3 is 6.18 Å². The SMILES string of the molecule is CCC1CCC(C(N)CCCC(F)(F)F)C1. The third kappa shape index (κ3) is 4.73. The minimum absolute atomic E-state index is 0.0288. The molecule has 0 spiro atoms. The number of hydrogen-bond acceptors (Lipinski definition) is 1. The van der Waals surface area contributed by atoms with E-state index in [9.17, 15) is 13.2 Å². The fourth-order valence-electron chi connectivity index (χ4n) is 2.65. The Hall–Kier alpha value is -0.250. The van der Waals surface area contributed by atoms with Gasteiger partial charge in [0.05, 0.1) is 0 Å². The van der Waals surface area contributed by atoms with Crippen LogP contribution in [-0.2, 0) is 0 Å². The molecule has 4 heteroatoms. The van der Waals surface area contributed by atoms with Crippen molar-refractivity contribution in [2.45, 2.75) is 64.1 Å². The van der Waals surface area contributed by atoms with Crippen LogP contribution < -0.4 is 5.73 Å². The van der Waals surface area contributed by atoms with E-state index in [1.807, 2.05) is 0 Å². The van der Waals surface area contributed by atoms with Gasteiger partial charge in [0.15, 0.2) is 0 Å². The lowest BCUT2D eigenvalue weighted by atomic mass is 9.93. The van der Waals surface area contributed by atoms with Gasteiger partial charge in [0.1, 0.15) is 0 Å². The van der Waals surface area contributed by atoms with Gasteiger partial charge in [0.25, 0.3) is 0 Å². The average Bonchev–Trinajstić information content (AvgIpc) is 2.63. The summed E-state index contributed by atoms with van der Waals surface area (Å²) in [5.41, 5.74) is 5.96. The van der Waals surface area contributed by atoms with E-state index < -0.39 is 12.6 Å². The van der Waals surface area contributed by atoms with Gasteiger partial charge in [-0.3, -0.25) is 0 Å². The van der Waals surface area contributed by atoms with Gasteiger partial charge in [-0.1, -0.05) is 19.8 Å². The molecule has 16 heavy (non-hydrogen) atoms. The molecule has 1 aliphatic carbocycles. The quantitative estimate of drug-likeness (QED) is 0.771. The Labute approximate surface area is 95.6 Å². The summed E-state index contributed by atoms with van der Waals surface area (Å²) in [5, 5.41) is 0. The summed E-state index contributed by atoms with van der Waals surface area (Å²) in [4.78, 5) is 0. The van der Waals surface area contributed by atoms with E-state index in [0.29, 0.717) is 12.3 Å². The molecule has 0 aromatic carbocycles. The van der Waals surface area contributed by atoms with Crippen molar-refractivity contribution >= 4 is 0 Å². The highest BCUT2D eigenvalue weighted by Crippen LogP contribution is 2.35. The van der Waals surface area contributed by atoms with Gasteiger partial charge in [0.2, 0.25) is 0 Å². The van der Waals surface area contributed by atoms with Crippen molar-refractivity contribution in [3.05, 3.63) is 0 Å². The minimum atomic E-state index is -4.03. The molecular weight excluding hydrogens is 215 g/mol. The second-order valence-electron chi connectivity index (χ2n) is 5.02. The first-order valence-corrected chi connectivity index (χ1v) is 6.24. The molecule has 2 N–H and O–H groups in total. The summed E-state index contributed by atoms with van der Waals surface area (Å²) in [5.74, 6) is 1.21. The van der Waals surface area contributed by atoms with E-state index >= 15 is 0 Å². The molecule has 0 bridgehead atoms. The monoisotopic (exact) mass is 237 g/mol. The summed E-state index contributed by atoms with van der Waals surface area (Å²) < 4.78 is 35.9. The zero-order chi connectivity index (χ0) is 12.2. The number of alkyl halides is 3. The average molecular weight is 237 g/mol. The largest absolute Gasteiger partial charge is 0.389 e. The van der Waals surface area contributed by atoms with E-state index in [-0.39, 0.29) is 12.5 Å². The fraction of sp³-hybridized carbons (Fsp3) is 1.00. The van der Waals surface area contributed by atoms with E-state index in [2.05, 4.69) is 6.92 Å². The van der Waals surface area contributed by atoms with Gasteiger partial charge in [-0.15, -0.1) is 0 Å². The van der Waals surface area contributed by atoms with Crippen molar-refractivity contribution in [1.82, 2.24) is 0 Å². The van der Waals surface area contributed by atoms with Crippen LogP contribution in [0.15, 0.2) is 0 Å². The maximum Gasteiger partial charge on any atom is 0.389 e. The van der Waals surface area contributed by atoms with E-state index in [1.54, 1.807) is 0 Å². The highest BCUT2D eigenvalue weighted by atomic mass is 19.4. The van der Waals surface area contributed by atoms with Gasteiger partial charge < -0.3 is 5.73 Å². The molecule has 3 unspecified atom stereocenters. The Kier molecular flexibility index (Phi) is 5.09. The molecule has 1 fully saturated rings. The van der Waals surface area contributed by atoms with Crippen molar-refractivity contribution in [2.75, 3.05) is 0 Å². The number of nitrogens with two attached hydrogens (primary N) is 1.